The van der Waals surface area contributed by atoms with Crippen molar-refractivity contribution < 1.29 is 31.1 Å². The summed E-state index contributed by atoms with van der Waals surface area (Å²) in [4.78, 5) is 12.7. The Kier molecular flexibility index (Phi) is 7.56. The third-order valence-electron chi connectivity index (χ3n) is 5.29. The number of carbonyl (C=O) groups is 1. The topological polar surface area (TPSA) is 52.9 Å². The van der Waals surface area contributed by atoms with Crippen molar-refractivity contribution >= 4 is 5.78 Å². The highest BCUT2D eigenvalue weighted by Gasteiger charge is 2.49. The Hall–Kier alpha value is -2.08. The van der Waals surface area contributed by atoms with E-state index in [1.54, 1.807) is 6.92 Å². The van der Waals surface area contributed by atoms with Crippen molar-refractivity contribution in [1.29, 1.82) is 5.26 Å². The summed E-state index contributed by atoms with van der Waals surface area (Å²) < 4.78 is 82.9. The number of nitrogens with one attached hydrogen (secondary N) is 1. The summed E-state index contributed by atoms with van der Waals surface area (Å²) in [7, 11) is 0. The van der Waals surface area contributed by atoms with E-state index >= 15 is 0 Å². The van der Waals surface area contributed by atoms with E-state index in [4.69, 9.17) is 5.26 Å². The molecule has 0 bridgehead atoms. The van der Waals surface area contributed by atoms with Gasteiger partial charge in [0.1, 0.15) is 11.9 Å². The number of unbranched alkanes of at least 4 members (excludes halogenated alkanes) is 1. The lowest BCUT2D eigenvalue weighted by molar-refractivity contribution is -0.163. The molecule has 3 nitrogen and oxygen atoms in total. The van der Waals surface area contributed by atoms with Crippen LogP contribution in [0.25, 0.3) is 0 Å². The number of nitrogens with zero attached hydrogens (tertiary/aromatic N) is 1. The number of benzene rings is 1. The van der Waals surface area contributed by atoms with Gasteiger partial charge in [0, 0.05) is 19.3 Å². The Labute approximate surface area is 171 Å². The smallest absolute Gasteiger partial charge is 0.298 e. The van der Waals surface area contributed by atoms with E-state index in [1.165, 1.54) is 0 Å². The normalized spacial score (nSPS) is 17.8. The average molecular weight is 434 g/mol. The fourth-order valence-electron chi connectivity index (χ4n) is 3.27. The first-order chi connectivity index (χ1) is 13.9. The average Bonchev–Trinajstić information content (AvgIpc) is 3.43. The van der Waals surface area contributed by atoms with Gasteiger partial charge in [-0.25, -0.2) is 13.2 Å². The molecule has 166 valence electrons. The SMILES string of the molecule is CCCCC(F)(F)C[C@H](N[C@@H](c1ccc(F)cc1)C(F)(F)F)C(=O)CC1(C#N)CC1. The molecular weight excluding hydrogens is 410 g/mol. The first-order valence-corrected chi connectivity index (χ1v) is 9.81. The van der Waals surface area contributed by atoms with Crippen LogP contribution in [0.5, 0.6) is 0 Å². The second kappa shape index (κ2) is 9.38. The summed E-state index contributed by atoms with van der Waals surface area (Å²) in [6, 6.07) is 1.20. The molecule has 1 N–H and O–H groups in total. The molecule has 1 aliphatic rings. The summed E-state index contributed by atoms with van der Waals surface area (Å²) in [5, 5.41) is 11.2. The molecular formula is C21H24F6N2O. The van der Waals surface area contributed by atoms with E-state index in [1.807, 2.05) is 6.07 Å². The monoisotopic (exact) mass is 434 g/mol. The van der Waals surface area contributed by atoms with Crippen LogP contribution in [0, 0.1) is 22.6 Å². The molecule has 1 fully saturated rings. The van der Waals surface area contributed by atoms with Gasteiger partial charge in [-0.2, -0.15) is 18.4 Å². The van der Waals surface area contributed by atoms with Crippen LogP contribution >= 0.6 is 0 Å². The predicted molar refractivity (Wildman–Crippen MR) is 98.1 cm³/mol. The van der Waals surface area contributed by atoms with Crippen molar-refractivity contribution in [2.45, 2.75) is 76.1 Å². The second-order valence-corrected chi connectivity index (χ2v) is 7.94. The number of nitriles is 1. The van der Waals surface area contributed by atoms with Gasteiger partial charge in [0.15, 0.2) is 5.78 Å². The molecule has 0 unspecified atom stereocenters. The maximum atomic E-state index is 14.4. The lowest BCUT2D eigenvalue weighted by Gasteiger charge is -2.30. The minimum absolute atomic E-state index is 0.163. The van der Waals surface area contributed by atoms with Gasteiger partial charge in [-0.3, -0.25) is 10.1 Å². The molecule has 0 radical (unpaired) electrons. The summed E-state index contributed by atoms with van der Waals surface area (Å²) in [6.45, 7) is 1.70. The molecule has 0 saturated heterocycles. The van der Waals surface area contributed by atoms with Crippen molar-refractivity contribution in [3.63, 3.8) is 0 Å². The van der Waals surface area contributed by atoms with Crippen LogP contribution in [0.3, 0.4) is 0 Å². The maximum absolute atomic E-state index is 14.4. The number of carbonyl (C=O) groups excluding carboxylic acids is 1. The Morgan fingerprint density at radius 1 is 1.20 bits per heavy atom. The van der Waals surface area contributed by atoms with Gasteiger partial charge in [-0.15, -0.1) is 0 Å². The highest BCUT2D eigenvalue weighted by atomic mass is 19.4. The number of hydrogen-bond donors (Lipinski definition) is 1. The number of Topliss-reactive ketones (excluding diaryl/α,β-unsaturated/α-hetero) is 1. The molecule has 0 heterocycles. The van der Waals surface area contributed by atoms with Gasteiger partial charge < -0.3 is 0 Å². The summed E-state index contributed by atoms with van der Waals surface area (Å²) in [5.74, 6) is -4.93. The van der Waals surface area contributed by atoms with Crippen molar-refractivity contribution in [3.8, 4) is 6.07 Å². The number of ketones is 1. The molecule has 1 saturated carbocycles. The Bertz CT molecular complexity index is 765. The number of hydrogen-bond acceptors (Lipinski definition) is 3. The van der Waals surface area contributed by atoms with E-state index in [9.17, 15) is 31.1 Å². The quantitative estimate of drug-likeness (QED) is 0.444. The second-order valence-electron chi connectivity index (χ2n) is 7.94. The fourth-order valence-corrected chi connectivity index (χ4v) is 3.27. The predicted octanol–water partition coefficient (Wildman–Crippen LogP) is 5.87. The Balaban J connectivity index is 2.29. The standard InChI is InChI=1S/C21H24F6N2O/c1-2-3-8-20(23,24)11-16(17(30)12-19(13-28)9-10-19)29-18(21(25,26)27)14-4-6-15(22)7-5-14/h4-7,16,18,29H,2-3,8-12H2,1H3/t16-,18-/m0/s1. The molecule has 2 rings (SSSR count). The third-order valence-corrected chi connectivity index (χ3v) is 5.29. The molecule has 2 atom stereocenters. The summed E-state index contributed by atoms with van der Waals surface area (Å²) >= 11 is 0. The highest BCUT2D eigenvalue weighted by molar-refractivity contribution is 5.85. The van der Waals surface area contributed by atoms with Crippen molar-refractivity contribution in [2.75, 3.05) is 0 Å². The molecule has 0 aromatic heterocycles. The number of rotatable bonds is 11. The van der Waals surface area contributed by atoms with Gasteiger partial charge in [0.25, 0.3) is 0 Å². The molecule has 9 heteroatoms. The molecule has 1 aromatic carbocycles. The van der Waals surface area contributed by atoms with Crippen LogP contribution in [-0.4, -0.2) is 23.9 Å². The molecule has 0 aliphatic heterocycles. The number of halogens is 6. The van der Waals surface area contributed by atoms with Crippen LogP contribution in [0.4, 0.5) is 26.3 Å². The van der Waals surface area contributed by atoms with Gasteiger partial charge in [-0.05, 0) is 37.0 Å². The largest absolute Gasteiger partial charge is 0.407 e. The van der Waals surface area contributed by atoms with Crippen LogP contribution in [0.15, 0.2) is 24.3 Å². The van der Waals surface area contributed by atoms with Gasteiger partial charge in [-0.1, -0.05) is 25.5 Å². The van der Waals surface area contributed by atoms with E-state index < -0.39 is 54.0 Å². The van der Waals surface area contributed by atoms with Crippen molar-refractivity contribution in [1.82, 2.24) is 5.32 Å². The van der Waals surface area contributed by atoms with Crippen LogP contribution < -0.4 is 5.32 Å². The summed E-state index contributed by atoms with van der Waals surface area (Å²) in [6.07, 6.45) is -5.46. The first kappa shape index (κ1) is 24.2. The third kappa shape index (κ3) is 6.73. The van der Waals surface area contributed by atoms with E-state index in [0.29, 0.717) is 19.3 Å². The molecule has 0 spiro atoms. The van der Waals surface area contributed by atoms with E-state index in [-0.39, 0.29) is 18.4 Å². The van der Waals surface area contributed by atoms with Crippen molar-refractivity contribution in [2.24, 2.45) is 5.41 Å². The van der Waals surface area contributed by atoms with Crippen LogP contribution in [-0.2, 0) is 4.79 Å². The van der Waals surface area contributed by atoms with E-state index in [0.717, 1.165) is 24.3 Å². The minimum Gasteiger partial charge on any atom is -0.298 e. The summed E-state index contributed by atoms with van der Waals surface area (Å²) in [5.41, 5.74) is -1.36. The molecule has 1 aliphatic carbocycles. The molecule has 1 aromatic rings. The van der Waals surface area contributed by atoms with Crippen LogP contribution in [0.2, 0.25) is 0 Å². The minimum atomic E-state index is -4.90. The molecule has 30 heavy (non-hydrogen) atoms. The molecule has 0 amide bonds. The lowest BCUT2D eigenvalue weighted by atomic mass is 9.91. The Morgan fingerprint density at radius 2 is 1.80 bits per heavy atom. The van der Waals surface area contributed by atoms with E-state index in [2.05, 4.69) is 5.32 Å². The van der Waals surface area contributed by atoms with Gasteiger partial charge >= 0.3 is 6.18 Å². The fraction of sp³-hybridized carbons (Fsp3) is 0.619. The highest BCUT2D eigenvalue weighted by Crippen LogP contribution is 2.49. The van der Waals surface area contributed by atoms with Gasteiger partial charge in [0.05, 0.1) is 17.5 Å². The Morgan fingerprint density at radius 3 is 2.27 bits per heavy atom. The zero-order valence-electron chi connectivity index (χ0n) is 16.5. The van der Waals surface area contributed by atoms with Crippen LogP contribution in [0.1, 0.15) is 63.5 Å². The van der Waals surface area contributed by atoms with Crippen molar-refractivity contribution in [3.05, 3.63) is 35.6 Å². The zero-order valence-corrected chi connectivity index (χ0v) is 16.5. The maximum Gasteiger partial charge on any atom is 0.407 e. The lowest BCUT2D eigenvalue weighted by Crippen LogP contribution is -2.47. The first-order valence-electron chi connectivity index (χ1n) is 9.81. The van der Waals surface area contributed by atoms with Gasteiger partial charge in [0.2, 0.25) is 5.92 Å². The number of alkyl halides is 5. The zero-order chi connectivity index (χ0) is 22.6.